The molecule has 8 heavy (non-hydrogen) atoms. The van der Waals surface area contributed by atoms with Crippen molar-refractivity contribution in [2.24, 2.45) is 0 Å². The Morgan fingerprint density at radius 2 is 1.12 bits per heavy atom. The molecule has 0 saturated carbocycles. The molecule has 0 N–H and O–H groups in total. The first-order chi connectivity index (χ1) is 1.73. The maximum Gasteiger partial charge on any atom is 1.00 e. The van der Waals surface area contributed by atoms with E-state index >= 15 is 0 Å². The molecule has 7 heteroatoms. The summed E-state index contributed by atoms with van der Waals surface area (Å²) in [4.78, 5) is 8.33. The number of rotatable bonds is 0. The summed E-state index contributed by atoms with van der Waals surface area (Å²) in [5, 5.41) is 16.7. The number of hydrogen-bond acceptors (Lipinski definition) is 3. The predicted octanol–water partition coefficient (Wildman–Crippen LogP) is -14.2. The van der Waals surface area contributed by atoms with Crippen molar-refractivity contribution in [3.8, 4) is 0 Å². The molecule has 0 aromatic rings. The molecular formula is CH2Cs2K2O3. The van der Waals surface area contributed by atoms with Gasteiger partial charge in [0.2, 0.25) is 0 Å². The van der Waals surface area contributed by atoms with E-state index in [4.69, 9.17) is 15.0 Å². The Kier molecular flexibility index (Phi) is 85.9. The third-order valence-electron chi connectivity index (χ3n) is 0. The molecule has 0 aromatic carbocycles. The molecule has 0 heterocycles. The topological polar surface area (TPSA) is 63.2 Å². The van der Waals surface area contributed by atoms with Gasteiger partial charge in [0.25, 0.3) is 0 Å². The molecule has 28 valence electrons. The minimum absolute atomic E-state index is 0. The van der Waals surface area contributed by atoms with Crippen molar-refractivity contribution in [1.29, 1.82) is 0 Å². The van der Waals surface area contributed by atoms with Crippen LogP contribution in [0.25, 0.3) is 0 Å². The zero-order valence-corrected chi connectivity index (χ0v) is 24.5. The zero-order valence-electron chi connectivity index (χ0n) is 7.72. The molecule has 0 radical (unpaired) electrons. The fourth-order valence-electron chi connectivity index (χ4n) is 0. The van der Waals surface area contributed by atoms with Crippen LogP contribution in [0.5, 0.6) is 0 Å². The molecule has 0 aliphatic carbocycles. The fraction of sp³-hybridized carbons (Fsp3) is 0. The van der Waals surface area contributed by atoms with E-state index < -0.39 is 6.16 Å². The number of hydrogen-bond donors (Lipinski definition) is 0. The van der Waals surface area contributed by atoms with Crippen molar-refractivity contribution in [2.45, 2.75) is 0 Å². The summed E-state index contributed by atoms with van der Waals surface area (Å²) in [7, 11) is 0. The predicted molar refractivity (Wildman–Crippen MR) is 7.62 cm³/mol. The molecule has 3 nitrogen and oxygen atoms in total. The van der Waals surface area contributed by atoms with Crippen LogP contribution in [0.4, 0.5) is 4.79 Å². The average Bonchev–Trinajstić information content (AvgIpc) is 0.811. The summed E-state index contributed by atoms with van der Waals surface area (Å²) in [6.45, 7) is 0. The Labute approximate surface area is 254 Å². The Hall–Kier alpha value is 6.65. The van der Waals surface area contributed by atoms with Crippen LogP contribution in [-0.4, -0.2) is 6.16 Å². The van der Waals surface area contributed by atoms with Crippen LogP contribution >= 0.6 is 0 Å². The largest absolute Gasteiger partial charge is 1.00 e. The van der Waals surface area contributed by atoms with Gasteiger partial charge >= 0.3 is 241 Å². The molecular weight excluding hydrogens is 404 g/mol. The third-order valence-corrected chi connectivity index (χ3v) is 0. The van der Waals surface area contributed by atoms with E-state index in [1.165, 1.54) is 0 Å². The first-order valence-electron chi connectivity index (χ1n) is 0.612. The van der Waals surface area contributed by atoms with Crippen molar-refractivity contribution in [1.82, 2.24) is 0 Å². The van der Waals surface area contributed by atoms with Gasteiger partial charge in [-0.15, -0.1) is 0 Å². The van der Waals surface area contributed by atoms with Gasteiger partial charge in [0.1, 0.15) is 0 Å². The Morgan fingerprint density at radius 1 is 1.12 bits per heavy atom. The summed E-state index contributed by atoms with van der Waals surface area (Å²) >= 11 is 0. The van der Waals surface area contributed by atoms with Crippen LogP contribution in [0.3, 0.4) is 0 Å². The van der Waals surface area contributed by atoms with Crippen LogP contribution in [0.2, 0.25) is 0 Å². The summed E-state index contributed by atoms with van der Waals surface area (Å²) in [5.41, 5.74) is 0. The summed E-state index contributed by atoms with van der Waals surface area (Å²) in [5.74, 6) is 0. The number of carbonyl (C=O) groups is 1. The molecule has 0 aromatic heterocycles. The van der Waals surface area contributed by atoms with Gasteiger partial charge in [-0.2, -0.15) is 0 Å². The van der Waals surface area contributed by atoms with Crippen molar-refractivity contribution in [2.75, 3.05) is 0 Å². The fourth-order valence-corrected chi connectivity index (χ4v) is 0. The normalized spacial score (nSPS) is 3.00. The maximum atomic E-state index is 8.33. The molecule has 0 bridgehead atoms. The zero-order chi connectivity index (χ0) is 3.58. The minimum Gasteiger partial charge on any atom is -1.00 e. The van der Waals surface area contributed by atoms with Crippen LogP contribution in [0.15, 0.2) is 0 Å². The van der Waals surface area contributed by atoms with Gasteiger partial charge < -0.3 is 17.9 Å². The van der Waals surface area contributed by atoms with E-state index in [1.54, 1.807) is 0 Å². The SMILES string of the molecule is O=C([O-])[O-].[Cs+].[Cs+].[H-].[H-].[K+].[K+]. The quantitative estimate of drug-likeness (QED) is 0.376. The van der Waals surface area contributed by atoms with E-state index in [9.17, 15) is 0 Å². The van der Waals surface area contributed by atoms with Gasteiger partial charge in [-0.3, -0.25) is 0 Å². The Balaban J connectivity index is -0.00000000300. The molecule has 0 spiro atoms. The Bertz CT molecular complexity index is 45.5. The minimum atomic E-state index is -2.33. The van der Waals surface area contributed by atoms with Crippen LogP contribution in [0.1, 0.15) is 2.85 Å². The number of carbonyl (C=O) groups excluding carboxylic acids is 1. The second-order valence-corrected chi connectivity index (χ2v) is 0.250. The molecule has 0 aliphatic heterocycles. The van der Waals surface area contributed by atoms with Crippen LogP contribution in [0, 0.1) is 0 Å². The number of carboxylic acid groups (broad SMARTS) is 2. The van der Waals surface area contributed by atoms with Gasteiger partial charge in [0.05, 0.1) is 0 Å². The molecule has 0 amide bonds. The molecule has 0 unspecified atom stereocenters. The van der Waals surface area contributed by atoms with Gasteiger partial charge in [0, 0.05) is 0 Å². The molecule has 0 aliphatic rings. The van der Waals surface area contributed by atoms with Crippen molar-refractivity contribution in [3.63, 3.8) is 0 Å². The second kappa shape index (κ2) is 23.5. The Morgan fingerprint density at radius 3 is 1.12 bits per heavy atom. The first-order valence-corrected chi connectivity index (χ1v) is 0.612. The van der Waals surface area contributed by atoms with E-state index in [2.05, 4.69) is 0 Å². The van der Waals surface area contributed by atoms with Crippen molar-refractivity contribution in [3.05, 3.63) is 0 Å². The monoisotopic (exact) mass is 406 g/mol. The van der Waals surface area contributed by atoms with Gasteiger partial charge in [0.15, 0.2) is 0 Å². The standard InChI is InChI=1S/CH2O3.2Cs.2K.2H/c2-1(3)4;;;;;;/h(H2,2,3,4);;;;;;/q;4*+1;2*-1/p-2. The van der Waals surface area contributed by atoms with Crippen LogP contribution in [-0.2, 0) is 0 Å². The molecule has 0 saturated heterocycles. The summed E-state index contributed by atoms with van der Waals surface area (Å²) in [6.07, 6.45) is -2.33. The van der Waals surface area contributed by atoms with Gasteiger partial charge in [-0.05, 0) is 6.16 Å². The van der Waals surface area contributed by atoms with Gasteiger partial charge in [-0.1, -0.05) is 0 Å². The molecule has 0 rings (SSSR count). The smallest absolute Gasteiger partial charge is 1.00 e. The molecule has 0 fully saturated rings. The van der Waals surface area contributed by atoms with E-state index in [0.29, 0.717) is 0 Å². The molecule has 0 atom stereocenters. The second-order valence-electron chi connectivity index (χ2n) is 0.250. The third kappa shape index (κ3) is 38.8. The van der Waals surface area contributed by atoms with E-state index in [0.717, 1.165) is 0 Å². The van der Waals surface area contributed by atoms with Crippen LogP contribution < -0.4 is 251 Å². The van der Waals surface area contributed by atoms with Crippen molar-refractivity contribution < 1.29 is 258 Å². The van der Waals surface area contributed by atoms with Gasteiger partial charge in [-0.25, -0.2) is 0 Å². The van der Waals surface area contributed by atoms with Crippen molar-refractivity contribution >= 4 is 6.16 Å². The first kappa shape index (κ1) is 29.3. The summed E-state index contributed by atoms with van der Waals surface area (Å²) < 4.78 is 0. The maximum absolute atomic E-state index is 8.33. The van der Waals surface area contributed by atoms with E-state index in [1.807, 2.05) is 0 Å². The average molecular weight is 406 g/mol. The van der Waals surface area contributed by atoms with E-state index in [-0.39, 0.29) is 243 Å². The summed E-state index contributed by atoms with van der Waals surface area (Å²) in [6, 6.07) is 0.